The molecule has 0 aromatic rings. The van der Waals surface area contributed by atoms with Gasteiger partial charge < -0.3 is 18.9 Å². The summed E-state index contributed by atoms with van der Waals surface area (Å²) in [5, 5.41) is 0. The molecule has 100 heavy (non-hydrogen) atoms. The largest absolute Gasteiger partial charge is 0.472 e. The number of phosphoric acid groups is 1. The minimum absolute atomic E-state index is 0.0282. The lowest BCUT2D eigenvalue weighted by Gasteiger charge is -2.24. The summed E-state index contributed by atoms with van der Waals surface area (Å²) in [4.78, 5) is 36.0. The Bertz CT molecular complexity index is 2250. The van der Waals surface area contributed by atoms with E-state index in [0.29, 0.717) is 17.4 Å². The highest BCUT2D eigenvalue weighted by atomic mass is 31.2. The summed E-state index contributed by atoms with van der Waals surface area (Å²) in [5.41, 5.74) is 0. The minimum atomic E-state index is -4.40. The number of phosphoric ester groups is 1. The standard InChI is InChI=1S/C90H154NO8P/c1-6-8-10-12-14-16-18-20-22-24-26-28-30-32-34-36-38-40-42-44-45-47-49-51-53-55-57-59-61-63-65-67-69-71-73-75-77-79-81-83-90(93)99-88(87-98-100(94,95)97-85-84-91(3,4)5)86-96-89(92)82-80-78-76-74-72-70-68-66-64-62-60-58-56-54-52-50-48-46-43-41-39-37-35-33-31-29-27-25-23-21-19-17-15-13-11-9-7-2/h8-11,14-17,20-23,26-29,32-35,38-41,44-45,88H,6-7,12-13,18-19,24-25,30-31,36-37,42-43,46-87H2,1-5H3/p+1/b10-8-,11-9-,16-14-,17-15-,22-20-,23-21-,28-26-,29-27-,34-32-,35-33-,40-38-,41-39-,45-44-. The molecule has 0 radical (unpaired) electrons. The molecule has 0 rings (SSSR count). The highest BCUT2D eigenvalue weighted by Gasteiger charge is 2.27. The van der Waals surface area contributed by atoms with Crippen LogP contribution in [-0.4, -0.2) is 74.9 Å². The maximum atomic E-state index is 12.9. The Morgan fingerprint density at radius 2 is 0.540 bits per heavy atom. The van der Waals surface area contributed by atoms with E-state index < -0.39 is 26.5 Å². The van der Waals surface area contributed by atoms with Gasteiger partial charge in [-0.3, -0.25) is 18.6 Å². The summed E-state index contributed by atoms with van der Waals surface area (Å²) >= 11 is 0. The van der Waals surface area contributed by atoms with E-state index in [-0.39, 0.29) is 32.0 Å². The summed E-state index contributed by atoms with van der Waals surface area (Å²) < 4.78 is 34.9. The van der Waals surface area contributed by atoms with Crippen LogP contribution in [0.5, 0.6) is 0 Å². The van der Waals surface area contributed by atoms with E-state index in [4.69, 9.17) is 18.5 Å². The van der Waals surface area contributed by atoms with Gasteiger partial charge in [0.2, 0.25) is 0 Å². The molecular weight excluding hydrogens is 1250 g/mol. The Morgan fingerprint density at radius 3 is 0.800 bits per heavy atom. The molecule has 2 unspecified atom stereocenters. The first-order valence-electron chi connectivity index (χ1n) is 41.2. The van der Waals surface area contributed by atoms with E-state index in [9.17, 15) is 19.0 Å². The first-order valence-corrected chi connectivity index (χ1v) is 42.7. The average Bonchev–Trinajstić information content (AvgIpc) is 1.07. The van der Waals surface area contributed by atoms with Crippen molar-refractivity contribution in [2.45, 2.75) is 354 Å². The molecule has 0 aliphatic carbocycles. The number of hydrogen-bond acceptors (Lipinski definition) is 7. The average molecular weight is 1410 g/mol. The van der Waals surface area contributed by atoms with Crippen molar-refractivity contribution >= 4 is 19.8 Å². The molecule has 572 valence electrons. The topological polar surface area (TPSA) is 108 Å². The quantitative estimate of drug-likeness (QED) is 0.0211. The number of carbonyl (C=O) groups excluding carboxylic acids is 2. The van der Waals surface area contributed by atoms with Crippen LogP contribution in [0.3, 0.4) is 0 Å². The van der Waals surface area contributed by atoms with Gasteiger partial charge in [-0.2, -0.15) is 0 Å². The summed E-state index contributed by atoms with van der Waals surface area (Å²) in [6.07, 6.45) is 118. The van der Waals surface area contributed by atoms with Gasteiger partial charge in [0.05, 0.1) is 27.7 Å². The molecule has 2 atom stereocenters. The minimum Gasteiger partial charge on any atom is -0.462 e. The van der Waals surface area contributed by atoms with Gasteiger partial charge in [-0.25, -0.2) is 4.57 Å². The Kier molecular flexibility index (Phi) is 75.3. The van der Waals surface area contributed by atoms with Crippen LogP contribution in [0.2, 0.25) is 0 Å². The Morgan fingerprint density at radius 1 is 0.310 bits per heavy atom. The van der Waals surface area contributed by atoms with Gasteiger partial charge in [0, 0.05) is 12.8 Å². The summed E-state index contributed by atoms with van der Waals surface area (Å²) in [6.45, 7) is 4.23. The lowest BCUT2D eigenvalue weighted by Crippen LogP contribution is -2.37. The number of allylic oxidation sites excluding steroid dienone is 26. The summed E-state index contributed by atoms with van der Waals surface area (Å²) in [6, 6.07) is 0. The molecule has 0 aliphatic heterocycles. The van der Waals surface area contributed by atoms with Crippen LogP contribution < -0.4 is 0 Å². The van der Waals surface area contributed by atoms with Crippen LogP contribution in [0.15, 0.2) is 158 Å². The van der Waals surface area contributed by atoms with Crippen LogP contribution in [-0.2, 0) is 32.7 Å². The van der Waals surface area contributed by atoms with E-state index in [1.54, 1.807) is 0 Å². The van der Waals surface area contributed by atoms with Crippen molar-refractivity contribution in [3.63, 3.8) is 0 Å². The molecule has 0 saturated heterocycles. The van der Waals surface area contributed by atoms with Crippen molar-refractivity contribution < 1.29 is 42.1 Å². The predicted octanol–water partition coefficient (Wildman–Crippen LogP) is 27.8. The van der Waals surface area contributed by atoms with Crippen molar-refractivity contribution in [1.29, 1.82) is 0 Å². The number of rotatable bonds is 75. The Hall–Kier alpha value is -4.37. The molecule has 0 bridgehead atoms. The van der Waals surface area contributed by atoms with Crippen molar-refractivity contribution in [3.8, 4) is 0 Å². The third-order valence-corrected chi connectivity index (χ3v) is 18.5. The zero-order valence-corrected chi connectivity index (χ0v) is 66.3. The zero-order chi connectivity index (χ0) is 72.5. The van der Waals surface area contributed by atoms with Crippen molar-refractivity contribution in [1.82, 2.24) is 0 Å². The van der Waals surface area contributed by atoms with Gasteiger partial charge in [-0.1, -0.05) is 371 Å². The number of hydrogen-bond donors (Lipinski definition) is 1. The molecule has 0 heterocycles. The number of quaternary nitrogens is 1. The van der Waals surface area contributed by atoms with Crippen LogP contribution >= 0.6 is 7.82 Å². The fraction of sp³-hybridized carbons (Fsp3) is 0.689. The summed E-state index contributed by atoms with van der Waals surface area (Å²) in [5.74, 6) is -0.789. The summed E-state index contributed by atoms with van der Waals surface area (Å²) in [7, 11) is 1.48. The highest BCUT2D eigenvalue weighted by Crippen LogP contribution is 2.43. The third-order valence-electron chi connectivity index (χ3n) is 17.6. The van der Waals surface area contributed by atoms with Gasteiger partial charge in [0.25, 0.3) is 0 Å². The smallest absolute Gasteiger partial charge is 0.462 e. The van der Waals surface area contributed by atoms with E-state index >= 15 is 0 Å². The molecule has 0 aromatic heterocycles. The van der Waals surface area contributed by atoms with E-state index in [2.05, 4.69) is 172 Å². The van der Waals surface area contributed by atoms with Crippen LogP contribution in [0, 0.1) is 0 Å². The normalized spacial score (nSPS) is 13.9. The van der Waals surface area contributed by atoms with Gasteiger partial charge in [0.15, 0.2) is 6.10 Å². The highest BCUT2D eigenvalue weighted by molar-refractivity contribution is 7.47. The van der Waals surface area contributed by atoms with Gasteiger partial charge in [-0.05, 0) is 122 Å². The first kappa shape index (κ1) is 95.6. The molecule has 0 aliphatic rings. The van der Waals surface area contributed by atoms with E-state index in [0.717, 1.165) is 122 Å². The van der Waals surface area contributed by atoms with Crippen LogP contribution in [0.1, 0.15) is 348 Å². The van der Waals surface area contributed by atoms with E-state index in [1.165, 1.54) is 193 Å². The molecule has 0 aromatic carbocycles. The van der Waals surface area contributed by atoms with Crippen molar-refractivity contribution in [2.75, 3.05) is 47.5 Å². The molecule has 10 heteroatoms. The predicted molar refractivity (Wildman–Crippen MR) is 436 cm³/mol. The molecule has 0 saturated carbocycles. The Labute approximate surface area is 617 Å². The van der Waals surface area contributed by atoms with Crippen molar-refractivity contribution in [3.05, 3.63) is 158 Å². The molecule has 1 N–H and O–H groups in total. The molecule has 0 amide bonds. The number of unbranched alkanes of at least 4 members (excludes halogenated alkanes) is 35. The second kappa shape index (κ2) is 78.8. The maximum Gasteiger partial charge on any atom is 0.472 e. The van der Waals surface area contributed by atoms with Gasteiger partial charge in [0.1, 0.15) is 19.8 Å². The van der Waals surface area contributed by atoms with E-state index in [1.807, 2.05) is 21.1 Å². The zero-order valence-electron chi connectivity index (χ0n) is 65.4. The van der Waals surface area contributed by atoms with Crippen LogP contribution in [0.25, 0.3) is 0 Å². The fourth-order valence-corrected chi connectivity index (χ4v) is 12.1. The first-order chi connectivity index (χ1) is 49.0. The SMILES string of the molecule is CC/C=C\C/C=C\C/C=C\C/C=C\C/C=C\C/C=C\C/C=C\CCCCCCCCCCCCCCCCCCCC(=O)OC(COC(=O)CCCCCCCCCCCCCCCCCCCC/C=C\C/C=C\C/C=C\C/C=C\C/C=C\C/C=C\CC)COP(=O)(O)OCC[N+](C)(C)C. The number of ether oxygens (including phenoxy) is 2. The molecule has 9 nitrogen and oxygen atoms in total. The number of likely N-dealkylation sites (N-methyl/N-ethyl adjacent to an activating group) is 1. The number of esters is 2. The second-order valence-electron chi connectivity index (χ2n) is 28.4. The number of carbonyl (C=O) groups is 2. The third kappa shape index (κ3) is 82.6. The molecule has 0 fully saturated rings. The number of nitrogens with zero attached hydrogens (tertiary/aromatic N) is 1. The van der Waals surface area contributed by atoms with Crippen molar-refractivity contribution in [2.24, 2.45) is 0 Å². The lowest BCUT2D eigenvalue weighted by molar-refractivity contribution is -0.870. The lowest BCUT2D eigenvalue weighted by atomic mass is 10.0. The Balaban J connectivity index is 3.96. The maximum absolute atomic E-state index is 12.9. The van der Waals surface area contributed by atoms with Gasteiger partial charge in [-0.15, -0.1) is 0 Å². The van der Waals surface area contributed by atoms with Crippen LogP contribution in [0.4, 0.5) is 0 Å². The van der Waals surface area contributed by atoms with Gasteiger partial charge >= 0.3 is 19.8 Å². The second-order valence-corrected chi connectivity index (χ2v) is 29.8. The molecular formula is C90H155NO8P+. The fourth-order valence-electron chi connectivity index (χ4n) is 11.4. The monoisotopic (exact) mass is 1410 g/mol. The molecule has 0 spiro atoms.